The molecule has 2 aromatic rings. The normalized spacial score (nSPS) is 10.5. The van der Waals surface area contributed by atoms with Crippen LogP contribution < -0.4 is 16.6 Å². The van der Waals surface area contributed by atoms with Gasteiger partial charge in [-0.3, -0.25) is 4.68 Å². The third-order valence-electron chi connectivity index (χ3n) is 2.54. The summed E-state index contributed by atoms with van der Waals surface area (Å²) in [5.74, 6) is 8.27. The Balaban J connectivity index is 1.95. The Kier molecular flexibility index (Phi) is 4.24. The number of hydrogen-bond donors (Lipinski definition) is 3. The molecule has 0 amide bonds. The van der Waals surface area contributed by atoms with Crippen LogP contribution in [0.4, 0.5) is 11.6 Å². The van der Waals surface area contributed by atoms with Crippen LogP contribution in [-0.2, 0) is 19.9 Å². The Morgan fingerprint density at radius 2 is 2.05 bits per heavy atom. The average molecular weight is 262 g/mol. The van der Waals surface area contributed by atoms with Gasteiger partial charge in [-0.1, -0.05) is 6.92 Å². The van der Waals surface area contributed by atoms with Crippen LogP contribution in [0.1, 0.15) is 18.6 Å². The van der Waals surface area contributed by atoms with Gasteiger partial charge in [0.1, 0.15) is 23.8 Å². The Morgan fingerprint density at radius 3 is 2.68 bits per heavy atom. The third-order valence-corrected chi connectivity index (χ3v) is 2.54. The highest BCUT2D eigenvalue weighted by Crippen LogP contribution is 2.10. The minimum atomic E-state index is 0.602. The average Bonchev–Trinajstić information content (AvgIpc) is 2.84. The number of nitrogens with one attached hydrogen (secondary N) is 2. The molecule has 19 heavy (non-hydrogen) atoms. The van der Waals surface area contributed by atoms with E-state index in [1.807, 2.05) is 14.0 Å². The zero-order valence-corrected chi connectivity index (χ0v) is 11.1. The maximum Gasteiger partial charge on any atom is 0.152 e. The molecule has 0 saturated heterocycles. The first-order chi connectivity index (χ1) is 9.21. The summed E-state index contributed by atoms with van der Waals surface area (Å²) < 4.78 is 1.69. The maximum atomic E-state index is 5.37. The highest BCUT2D eigenvalue weighted by atomic mass is 15.3. The molecule has 0 aliphatic heterocycles. The number of anilines is 2. The van der Waals surface area contributed by atoms with Crippen molar-refractivity contribution in [1.82, 2.24) is 24.7 Å². The van der Waals surface area contributed by atoms with Gasteiger partial charge in [0.05, 0.1) is 0 Å². The lowest BCUT2D eigenvalue weighted by molar-refractivity contribution is 0.741. The lowest BCUT2D eigenvalue weighted by Gasteiger charge is -2.08. The zero-order chi connectivity index (χ0) is 13.7. The van der Waals surface area contributed by atoms with Gasteiger partial charge >= 0.3 is 0 Å². The van der Waals surface area contributed by atoms with Gasteiger partial charge in [0.25, 0.3) is 0 Å². The fourth-order valence-electron chi connectivity index (χ4n) is 1.62. The highest BCUT2D eigenvalue weighted by molar-refractivity contribution is 5.46. The molecule has 0 aromatic carbocycles. The van der Waals surface area contributed by atoms with E-state index < -0.39 is 0 Å². The molecule has 4 N–H and O–H groups in total. The van der Waals surface area contributed by atoms with Crippen LogP contribution in [0.3, 0.4) is 0 Å². The van der Waals surface area contributed by atoms with Crippen molar-refractivity contribution in [2.75, 3.05) is 17.3 Å². The van der Waals surface area contributed by atoms with Crippen molar-refractivity contribution in [1.29, 1.82) is 0 Å². The number of nitrogens with zero attached hydrogens (tertiary/aromatic N) is 5. The number of nitrogen functional groups attached to an aromatic ring is 1. The number of aryl methyl sites for hydroxylation is 2. The summed E-state index contributed by atoms with van der Waals surface area (Å²) in [4.78, 5) is 12.8. The molecule has 0 aliphatic rings. The van der Waals surface area contributed by atoms with Gasteiger partial charge < -0.3 is 10.7 Å². The lowest BCUT2D eigenvalue weighted by atomic mass is 10.4. The van der Waals surface area contributed by atoms with Crippen LogP contribution in [-0.4, -0.2) is 31.3 Å². The summed E-state index contributed by atoms with van der Waals surface area (Å²) >= 11 is 0. The summed E-state index contributed by atoms with van der Waals surface area (Å²) in [5, 5.41) is 7.43. The van der Waals surface area contributed by atoms with E-state index in [-0.39, 0.29) is 0 Å². The molecule has 0 saturated carbocycles. The molecule has 2 rings (SSSR count). The lowest BCUT2D eigenvalue weighted by Crippen LogP contribution is -2.13. The van der Waals surface area contributed by atoms with Crippen molar-refractivity contribution in [3.8, 4) is 0 Å². The molecule has 0 aliphatic carbocycles. The summed E-state index contributed by atoms with van der Waals surface area (Å²) in [6.45, 7) is 2.70. The van der Waals surface area contributed by atoms with Gasteiger partial charge in [0, 0.05) is 32.5 Å². The van der Waals surface area contributed by atoms with Crippen molar-refractivity contribution in [2.24, 2.45) is 12.9 Å². The van der Waals surface area contributed by atoms with Crippen molar-refractivity contribution in [2.45, 2.75) is 19.8 Å². The predicted molar refractivity (Wildman–Crippen MR) is 72.4 cm³/mol. The first kappa shape index (κ1) is 13.2. The number of nitrogens with two attached hydrogens (primary N) is 1. The van der Waals surface area contributed by atoms with Crippen molar-refractivity contribution >= 4 is 11.6 Å². The van der Waals surface area contributed by atoms with E-state index in [1.54, 1.807) is 17.1 Å². The molecule has 0 atom stereocenters. The molecule has 2 heterocycles. The Bertz CT molecular complexity index is 513. The van der Waals surface area contributed by atoms with Gasteiger partial charge in [-0.15, -0.1) is 0 Å². The minimum absolute atomic E-state index is 0.602. The molecule has 0 bridgehead atoms. The molecule has 0 spiro atoms. The second-order valence-corrected chi connectivity index (χ2v) is 4.06. The quantitative estimate of drug-likeness (QED) is 0.501. The molecule has 8 nitrogen and oxygen atoms in total. The van der Waals surface area contributed by atoms with E-state index >= 15 is 0 Å². The van der Waals surface area contributed by atoms with Crippen LogP contribution in [0.25, 0.3) is 0 Å². The van der Waals surface area contributed by atoms with Gasteiger partial charge in [0.2, 0.25) is 0 Å². The van der Waals surface area contributed by atoms with E-state index in [2.05, 4.69) is 30.8 Å². The molecule has 0 unspecified atom stereocenters. The van der Waals surface area contributed by atoms with Crippen LogP contribution in [0.5, 0.6) is 0 Å². The maximum absolute atomic E-state index is 5.37. The highest BCUT2D eigenvalue weighted by Gasteiger charge is 2.03. The predicted octanol–water partition coefficient (Wildman–Crippen LogP) is 0.108. The smallest absolute Gasteiger partial charge is 0.152 e. The Labute approximate surface area is 111 Å². The molecular weight excluding hydrogens is 244 g/mol. The van der Waals surface area contributed by atoms with Gasteiger partial charge in [-0.2, -0.15) is 5.10 Å². The van der Waals surface area contributed by atoms with Crippen molar-refractivity contribution < 1.29 is 0 Å². The van der Waals surface area contributed by atoms with Crippen LogP contribution in [0, 0.1) is 0 Å². The first-order valence-corrected chi connectivity index (χ1v) is 6.14. The van der Waals surface area contributed by atoms with Crippen LogP contribution in [0.2, 0.25) is 0 Å². The second kappa shape index (κ2) is 6.10. The van der Waals surface area contributed by atoms with Crippen molar-refractivity contribution in [3.63, 3.8) is 0 Å². The fourth-order valence-corrected chi connectivity index (χ4v) is 1.62. The number of rotatable bonds is 6. The van der Waals surface area contributed by atoms with Crippen LogP contribution in [0.15, 0.2) is 12.4 Å². The fraction of sp³-hybridized carbons (Fsp3) is 0.455. The van der Waals surface area contributed by atoms with E-state index in [9.17, 15) is 0 Å². The van der Waals surface area contributed by atoms with Crippen molar-refractivity contribution in [3.05, 3.63) is 24.0 Å². The first-order valence-electron chi connectivity index (χ1n) is 6.14. The third kappa shape index (κ3) is 3.62. The van der Waals surface area contributed by atoms with Gasteiger partial charge in [-0.25, -0.2) is 20.8 Å². The Morgan fingerprint density at radius 1 is 1.26 bits per heavy atom. The largest absolute Gasteiger partial charge is 0.369 e. The zero-order valence-electron chi connectivity index (χ0n) is 11.1. The van der Waals surface area contributed by atoms with E-state index in [1.165, 1.54) is 0 Å². The molecule has 102 valence electrons. The molecule has 2 aromatic heterocycles. The van der Waals surface area contributed by atoms with Crippen LogP contribution >= 0.6 is 0 Å². The van der Waals surface area contributed by atoms with E-state index in [0.717, 1.165) is 30.3 Å². The van der Waals surface area contributed by atoms with Gasteiger partial charge in [0.15, 0.2) is 5.82 Å². The van der Waals surface area contributed by atoms with E-state index in [4.69, 9.17) is 5.84 Å². The molecule has 0 fully saturated rings. The topological polar surface area (TPSA) is 107 Å². The SMILES string of the molecule is CCc1nc(NN)cc(NCCc2ncn(C)n2)n1. The second-order valence-electron chi connectivity index (χ2n) is 4.06. The molecule has 8 heteroatoms. The summed E-state index contributed by atoms with van der Waals surface area (Å²) in [7, 11) is 1.85. The van der Waals surface area contributed by atoms with Gasteiger partial charge in [-0.05, 0) is 0 Å². The Hall–Kier alpha value is -2.22. The summed E-state index contributed by atoms with van der Waals surface area (Å²) in [6.07, 6.45) is 3.18. The number of hydrazine groups is 1. The standard InChI is InChI=1S/C11H18N8/c1-3-8-15-10(6-11(16-8)17-12)13-5-4-9-14-7-19(2)18-9/h6-7H,3-5,12H2,1-2H3,(H2,13,15,16,17). The summed E-state index contributed by atoms with van der Waals surface area (Å²) in [5.41, 5.74) is 2.53. The molecule has 0 radical (unpaired) electrons. The van der Waals surface area contributed by atoms with E-state index in [0.29, 0.717) is 12.4 Å². The molecular formula is C11H18N8. The minimum Gasteiger partial charge on any atom is -0.369 e. The number of aromatic nitrogens is 5. The number of hydrogen-bond acceptors (Lipinski definition) is 7. The monoisotopic (exact) mass is 262 g/mol. The summed E-state index contributed by atoms with van der Waals surface area (Å²) in [6, 6.07) is 1.77.